The van der Waals surface area contributed by atoms with Gasteiger partial charge in [0.2, 0.25) is 0 Å². The average molecular weight is 258 g/mol. The van der Waals surface area contributed by atoms with Crippen molar-refractivity contribution in [2.24, 2.45) is 0 Å². The topological polar surface area (TPSA) is 66.8 Å². The van der Waals surface area contributed by atoms with Crippen LogP contribution >= 0.6 is 7.82 Å². The molecule has 1 aromatic carbocycles. The Labute approximate surface area is 102 Å². The Bertz CT molecular complexity index is 403. The SMILES string of the molecule is CCC(CC)(OP(=O)(O)O)c1ccc(C)cc1. The predicted octanol–water partition coefficient (Wildman–Crippen LogP) is 3.12. The van der Waals surface area contributed by atoms with Crippen molar-refractivity contribution in [3.8, 4) is 0 Å². The molecule has 0 bridgehead atoms. The van der Waals surface area contributed by atoms with Crippen LogP contribution in [0, 0.1) is 6.92 Å². The maximum Gasteiger partial charge on any atom is 0.470 e. The number of phosphoric acid groups is 1. The van der Waals surface area contributed by atoms with Gasteiger partial charge in [0.1, 0.15) is 5.60 Å². The quantitative estimate of drug-likeness (QED) is 0.796. The molecule has 0 aromatic heterocycles. The maximum atomic E-state index is 11.1. The zero-order valence-corrected chi connectivity index (χ0v) is 11.3. The van der Waals surface area contributed by atoms with Gasteiger partial charge in [0.15, 0.2) is 0 Å². The highest BCUT2D eigenvalue weighted by Crippen LogP contribution is 2.48. The number of hydrogen-bond donors (Lipinski definition) is 2. The minimum absolute atomic E-state index is 0.512. The highest BCUT2D eigenvalue weighted by molar-refractivity contribution is 7.46. The molecule has 0 aliphatic carbocycles. The van der Waals surface area contributed by atoms with Crippen molar-refractivity contribution in [2.75, 3.05) is 0 Å². The molecule has 0 heterocycles. The van der Waals surface area contributed by atoms with E-state index in [1.807, 2.05) is 45.0 Å². The van der Waals surface area contributed by atoms with E-state index >= 15 is 0 Å². The van der Waals surface area contributed by atoms with Gasteiger partial charge in [-0.25, -0.2) is 4.57 Å². The van der Waals surface area contributed by atoms with Crippen molar-refractivity contribution in [3.63, 3.8) is 0 Å². The van der Waals surface area contributed by atoms with Gasteiger partial charge in [-0.3, -0.25) is 4.52 Å². The fraction of sp³-hybridized carbons (Fsp3) is 0.500. The van der Waals surface area contributed by atoms with Crippen LogP contribution < -0.4 is 0 Å². The molecule has 0 spiro atoms. The molecule has 0 fully saturated rings. The molecule has 17 heavy (non-hydrogen) atoms. The van der Waals surface area contributed by atoms with Crippen LogP contribution in [0.2, 0.25) is 0 Å². The first kappa shape index (κ1) is 14.4. The summed E-state index contributed by atoms with van der Waals surface area (Å²) in [7, 11) is -4.50. The summed E-state index contributed by atoms with van der Waals surface area (Å²) in [5.74, 6) is 0. The molecule has 0 radical (unpaired) electrons. The Morgan fingerprint density at radius 3 is 2.00 bits per heavy atom. The third-order valence-electron chi connectivity index (χ3n) is 3.01. The van der Waals surface area contributed by atoms with Crippen LogP contribution in [0.25, 0.3) is 0 Å². The van der Waals surface area contributed by atoms with Crippen LogP contribution in [0.1, 0.15) is 37.8 Å². The molecular weight excluding hydrogens is 239 g/mol. The molecule has 1 aromatic rings. The lowest BCUT2D eigenvalue weighted by atomic mass is 9.88. The predicted molar refractivity (Wildman–Crippen MR) is 66.6 cm³/mol. The van der Waals surface area contributed by atoms with Gasteiger partial charge in [-0.1, -0.05) is 43.7 Å². The van der Waals surface area contributed by atoms with E-state index in [4.69, 9.17) is 14.3 Å². The van der Waals surface area contributed by atoms with E-state index < -0.39 is 13.4 Å². The highest BCUT2D eigenvalue weighted by Gasteiger charge is 2.36. The van der Waals surface area contributed by atoms with Gasteiger partial charge in [0.25, 0.3) is 0 Å². The van der Waals surface area contributed by atoms with Crippen molar-refractivity contribution < 1.29 is 18.9 Å². The van der Waals surface area contributed by atoms with Crippen molar-refractivity contribution in [3.05, 3.63) is 35.4 Å². The van der Waals surface area contributed by atoms with E-state index in [1.165, 1.54) is 0 Å². The first-order chi connectivity index (χ1) is 7.83. The molecule has 0 aliphatic heterocycles. The molecule has 2 N–H and O–H groups in total. The summed E-state index contributed by atoms with van der Waals surface area (Å²) in [4.78, 5) is 18.0. The summed E-state index contributed by atoms with van der Waals surface area (Å²) < 4.78 is 16.1. The zero-order chi connectivity index (χ0) is 13.1. The van der Waals surface area contributed by atoms with Crippen LogP contribution in [0.15, 0.2) is 24.3 Å². The van der Waals surface area contributed by atoms with Crippen molar-refractivity contribution >= 4 is 7.82 Å². The summed E-state index contributed by atoms with van der Waals surface area (Å²) in [5.41, 5.74) is 0.995. The van der Waals surface area contributed by atoms with Crippen molar-refractivity contribution in [1.29, 1.82) is 0 Å². The van der Waals surface area contributed by atoms with E-state index in [9.17, 15) is 4.57 Å². The normalized spacial score (nSPS) is 12.8. The molecule has 0 aliphatic rings. The number of phosphoric ester groups is 1. The molecule has 4 nitrogen and oxygen atoms in total. The standard InChI is InChI=1S/C12H19O4P/c1-4-12(5-2,16-17(13,14)15)11-8-6-10(3)7-9-11/h6-9H,4-5H2,1-3H3,(H2,13,14,15). The summed E-state index contributed by atoms with van der Waals surface area (Å²) in [6.07, 6.45) is 1.02. The van der Waals surface area contributed by atoms with E-state index in [-0.39, 0.29) is 0 Å². The number of benzene rings is 1. The van der Waals surface area contributed by atoms with E-state index in [0.717, 1.165) is 11.1 Å². The van der Waals surface area contributed by atoms with Gasteiger partial charge >= 0.3 is 7.82 Å². The van der Waals surface area contributed by atoms with Crippen molar-refractivity contribution in [2.45, 2.75) is 39.2 Å². The lowest BCUT2D eigenvalue weighted by molar-refractivity contribution is 0.0231. The Kier molecular flexibility index (Phi) is 4.50. The molecule has 96 valence electrons. The smallest absolute Gasteiger partial charge is 0.303 e. The first-order valence-electron chi connectivity index (χ1n) is 5.66. The van der Waals surface area contributed by atoms with Crippen LogP contribution in [-0.2, 0) is 14.7 Å². The van der Waals surface area contributed by atoms with Gasteiger partial charge < -0.3 is 9.79 Å². The molecule has 0 atom stereocenters. The van der Waals surface area contributed by atoms with Crippen LogP contribution in [0.5, 0.6) is 0 Å². The van der Waals surface area contributed by atoms with Gasteiger partial charge in [-0.2, -0.15) is 0 Å². The Balaban J connectivity index is 3.15. The van der Waals surface area contributed by atoms with Gasteiger partial charge in [-0.15, -0.1) is 0 Å². The number of hydrogen-bond acceptors (Lipinski definition) is 2. The summed E-state index contributed by atoms with van der Waals surface area (Å²) in [5, 5.41) is 0. The lowest BCUT2D eigenvalue weighted by Gasteiger charge is -2.32. The number of rotatable bonds is 5. The monoisotopic (exact) mass is 258 g/mol. The second-order valence-corrected chi connectivity index (χ2v) is 5.31. The van der Waals surface area contributed by atoms with Crippen molar-refractivity contribution in [1.82, 2.24) is 0 Å². The highest BCUT2D eigenvalue weighted by atomic mass is 31.2. The van der Waals surface area contributed by atoms with Gasteiger partial charge in [0, 0.05) is 0 Å². The first-order valence-corrected chi connectivity index (χ1v) is 7.19. The van der Waals surface area contributed by atoms with E-state index in [0.29, 0.717) is 12.8 Å². The largest absolute Gasteiger partial charge is 0.470 e. The molecule has 0 unspecified atom stereocenters. The Hall–Kier alpha value is -0.670. The molecule has 0 saturated carbocycles. The van der Waals surface area contributed by atoms with Crippen LogP contribution in [-0.4, -0.2) is 9.79 Å². The molecule has 0 saturated heterocycles. The second-order valence-electron chi connectivity index (χ2n) is 4.15. The van der Waals surface area contributed by atoms with Crippen LogP contribution in [0.3, 0.4) is 0 Å². The third kappa shape index (κ3) is 3.65. The molecule has 0 amide bonds. The molecule has 1 rings (SSSR count). The fourth-order valence-electron chi connectivity index (χ4n) is 1.92. The third-order valence-corrected chi connectivity index (χ3v) is 3.60. The maximum absolute atomic E-state index is 11.1. The fourth-order valence-corrected chi connectivity index (χ4v) is 2.74. The second kappa shape index (κ2) is 5.32. The Morgan fingerprint density at radius 1 is 1.18 bits per heavy atom. The minimum Gasteiger partial charge on any atom is -0.303 e. The zero-order valence-electron chi connectivity index (χ0n) is 10.4. The van der Waals surface area contributed by atoms with Gasteiger partial charge in [0.05, 0.1) is 0 Å². The van der Waals surface area contributed by atoms with Crippen LogP contribution in [0.4, 0.5) is 0 Å². The summed E-state index contributed by atoms with van der Waals surface area (Å²) in [6.45, 7) is 5.69. The average Bonchev–Trinajstić information content (AvgIpc) is 2.26. The minimum atomic E-state index is -4.50. The van der Waals surface area contributed by atoms with E-state index in [1.54, 1.807) is 0 Å². The summed E-state index contributed by atoms with van der Waals surface area (Å²) in [6, 6.07) is 7.55. The summed E-state index contributed by atoms with van der Waals surface area (Å²) >= 11 is 0. The van der Waals surface area contributed by atoms with E-state index in [2.05, 4.69) is 0 Å². The van der Waals surface area contributed by atoms with Gasteiger partial charge in [-0.05, 0) is 25.3 Å². The molecule has 5 heteroatoms. The lowest BCUT2D eigenvalue weighted by Crippen LogP contribution is -2.27. The molecular formula is C12H19O4P. The number of aryl methyl sites for hydroxylation is 1. The Morgan fingerprint density at radius 2 is 1.65 bits per heavy atom.